The highest BCUT2D eigenvalue weighted by molar-refractivity contribution is 7.09. The van der Waals surface area contributed by atoms with E-state index in [9.17, 15) is 4.79 Å². The number of nitrogens with zero attached hydrogens (tertiary/aromatic N) is 2. The molecule has 0 fully saturated rings. The number of aromatic nitrogens is 3. The second-order valence-corrected chi connectivity index (χ2v) is 7.27. The van der Waals surface area contributed by atoms with Crippen LogP contribution in [0.15, 0.2) is 42.0 Å². The van der Waals surface area contributed by atoms with Crippen LogP contribution >= 0.6 is 11.3 Å². The highest BCUT2D eigenvalue weighted by Gasteiger charge is 2.19. The summed E-state index contributed by atoms with van der Waals surface area (Å²) in [6.07, 6.45) is 3.45. The Morgan fingerprint density at radius 1 is 1.10 bits per heavy atom. The van der Waals surface area contributed by atoms with Gasteiger partial charge in [-0.05, 0) is 18.2 Å². The Balaban J connectivity index is 1.55. The number of carbonyl (C=O) groups excluding carboxylic acids is 1. The topological polar surface area (TPSA) is 98.4 Å². The lowest BCUT2D eigenvalue weighted by atomic mass is 10.2. The van der Waals surface area contributed by atoms with Crippen molar-refractivity contribution in [3.63, 3.8) is 0 Å². The van der Waals surface area contributed by atoms with Crippen LogP contribution in [-0.4, -0.2) is 42.2 Å². The third kappa shape index (κ3) is 3.67. The van der Waals surface area contributed by atoms with Crippen molar-refractivity contribution in [1.29, 1.82) is 0 Å². The third-order valence-electron chi connectivity index (χ3n) is 4.61. The van der Waals surface area contributed by atoms with Gasteiger partial charge in [-0.25, -0.2) is 4.98 Å². The van der Waals surface area contributed by atoms with Gasteiger partial charge in [-0.15, -0.1) is 11.3 Å². The van der Waals surface area contributed by atoms with Gasteiger partial charge in [0.2, 0.25) is 0 Å². The summed E-state index contributed by atoms with van der Waals surface area (Å²) in [5.41, 5.74) is 2.87. The van der Waals surface area contributed by atoms with Crippen molar-refractivity contribution in [3.8, 4) is 28.5 Å². The van der Waals surface area contributed by atoms with E-state index in [0.717, 1.165) is 21.7 Å². The second kappa shape index (κ2) is 8.42. The van der Waals surface area contributed by atoms with Gasteiger partial charge >= 0.3 is 0 Å². The van der Waals surface area contributed by atoms with E-state index in [1.807, 2.05) is 17.5 Å². The molecular formula is C21H20N4O4S. The molecule has 0 bridgehead atoms. The fourth-order valence-corrected chi connectivity index (χ4v) is 3.90. The minimum absolute atomic E-state index is 0.255. The van der Waals surface area contributed by atoms with Crippen molar-refractivity contribution in [3.05, 3.63) is 52.7 Å². The number of aromatic amines is 1. The van der Waals surface area contributed by atoms with Gasteiger partial charge in [0.05, 0.1) is 39.1 Å². The Bertz CT molecular complexity index is 1190. The van der Waals surface area contributed by atoms with Crippen molar-refractivity contribution >= 4 is 28.1 Å². The highest BCUT2D eigenvalue weighted by atomic mass is 32.1. The predicted octanol–water partition coefficient (Wildman–Crippen LogP) is 3.64. The molecule has 154 valence electrons. The molecule has 0 radical (unpaired) electrons. The fraction of sp³-hybridized carbons (Fsp3) is 0.190. The van der Waals surface area contributed by atoms with Crippen LogP contribution in [-0.2, 0) is 6.54 Å². The molecule has 0 saturated heterocycles. The van der Waals surface area contributed by atoms with Crippen LogP contribution in [0.2, 0.25) is 0 Å². The Hall–Kier alpha value is -3.59. The van der Waals surface area contributed by atoms with E-state index in [2.05, 4.69) is 20.3 Å². The molecule has 30 heavy (non-hydrogen) atoms. The number of hydrogen-bond donors (Lipinski definition) is 2. The number of H-pyrrole nitrogens is 1. The number of nitrogens with one attached hydrogen (secondary N) is 2. The number of benzene rings is 1. The van der Waals surface area contributed by atoms with Gasteiger partial charge in [0.15, 0.2) is 11.5 Å². The van der Waals surface area contributed by atoms with Gasteiger partial charge in [-0.3, -0.25) is 9.78 Å². The van der Waals surface area contributed by atoms with Crippen LogP contribution in [0.1, 0.15) is 15.5 Å². The van der Waals surface area contributed by atoms with Gasteiger partial charge in [0, 0.05) is 34.8 Å². The number of thiazole rings is 1. The van der Waals surface area contributed by atoms with Crippen molar-refractivity contribution in [2.75, 3.05) is 21.3 Å². The van der Waals surface area contributed by atoms with Crippen LogP contribution < -0.4 is 19.5 Å². The summed E-state index contributed by atoms with van der Waals surface area (Å²) in [5.74, 6) is 1.35. The van der Waals surface area contributed by atoms with Crippen molar-refractivity contribution < 1.29 is 19.0 Å². The van der Waals surface area contributed by atoms with E-state index in [1.54, 1.807) is 45.9 Å². The quantitative estimate of drug-likeness (QED) is 0.470. The van der Waals surface area contributed by atoms with E-state index in [4.69, 9.17) is 14.2 Å². The first-order valence-corrected chi connectivity index (χ1v) is 9.97. The normalized spacial score (nSPS) is 10.8. The molecule has 3 aromatic heterocycles. The summed E-state index contributed by atoms with van der Waals surface area (Å²) in [5, 5.41) is 6.40. The van der Waals surface area contributed by atoms with Gasteiger partial charge < -0.3 is 24.5 Å². The van der Waals surface area contributed by atoms with Crippen LogP contribution in [0.3, 0.4) is 0 Å². The lowest BCUT2D eigenvalue weighted by Crippen LogP contribution is -2.22. The number of methoxy groups -OCH3 is 3. The van der Waals surface area contributed by atoms with Gasteiger partial charge in [0.1, 0.15) is 16.5 Å². The Labute approximate surface area is 176 Å². The SMILES string of the molecule is COc1cc(OC)c2cc(C(=O)NCc3nc(-c4ccncc4)cs3)[nH]c2c1OC. The highest BCUT2D eigenvalue weighted by Crippen LogP contribution is 2.41. The number of amides is 1. The maximum Gasteiger partial charge on any atom is 0.268 e. The molecule has 8 nitrogen and oxygen atoms in total. The van der Waals surface area contributed by atoms with Crippen LogP contribution in [0.25, 0.3) is 22.2 Å². The molecular weight excluding hydrogens is 404 g/mol. The number of ether oxygens (including phenoxy) is 3. The molecule has 0 unspecified atom stereocenters. The molecule has 0 aliphatic heterocycles. The predicted molar refractivity (Wildman–Crippen MR) is 114 cm³/mol. The lowest BCUT2D eigenvalue weighted by Gasteiger charge is -2.11. The largest absolute Gasteiger partial charge is 0.496 e. The smallest absolute Gasteiger partial charge is 0.268 e. The Morgan fingerprint density at radius 2 is 1.87 bits per heavy atom. The molecule has 3 heterocycles. The minimum Gasteiger partial charge on any atom is -0.496 e. The second-order valence-electron chi connectivity index (χ2n) is 6.33. The lowest BCUT2D eigenvalue weighted by molar-refractivity contribution is 0.0946. The summed E-state index contributed by atoms with van der Waals surface area (Å²) in [7, 11) is 4.66. The molecule has 2 N–H and O–H groups in total. The van der Waals surface area contributed by atoms with E-state index in [1.165, 1.54) is 11.3 Å². The Morgan fingerprint density at radius 3 is 2.57 bits per heavy atom. The standard InChI is InChI=1S/C21H20N4O4S/c1-27-16-9-17(28-2)20(29-3)19-13(16)8-14(25-19)21(26)23-10-18-24-15(11-30-18)12-4-6-22-7-5-12/h4-9,11,25H,10H2,1-3H3,(H,23,26). The molecule has 1 aromatic carbocycles. The zero-order valence-corrected chi connectivity index (χ0v) is 17.5. The molecule has 0 atom stereocenters. The molecule has 0 spiro atoms. The average Bonchev–Trinajstić information content (AvgIpc) is 3.44. The maximum atomic E-state index is 12.7. The number of rotatable bonds is 7. The first-order valence-electron chi connectivity index (χ1n) is 9.09. The average molecular weight is 424 g/mol. The molecule has 4 aromatic rings. The summed E-state index contributed by atoms with van der Waals surface area (Å²) < 4.78 is 16.3. The third-order valence-corrected chi connectivity index (χ3v) is 5.46. The first kappa shape index (κ1) is 19.7. The van der Waals surface area contributed by atoms with Crippen molar-refractivity contribution in [2.45, 2.75) is 6.54 Å². The fourth-order valence-electron chi connectivity index (χ4n) is 3.16. The van der Waals surface area contributed by atoms with Gasteiger partial charge in [-0.2, -0.15) is 0 Å². The zero-order chi connectivity index (χ0) is 21.1. The molecule has 9 heteroatoms. The minimum atomic E-state index is -0.255. The molecule has 0 aliphatic carbocycles. The Kier molecular flexibility index (Phi) is 5.53. The van der Waals surface area contributed by atoms with Crippen LogP contribution in [0, 0.1) is 0 Å². The summed E-state index contributed by atoms with van der Waals surface area (Å²) in [4.78, 5) is 24.4. The molecule has 1 amide bonds. The summed E-state index contributed by atoms with van der Waals surface area (Å²) in [6, 6.07) is 7.26. The van der Waals surface area contributed by atoms with Crippen LogP contribution in [0.5, 0.6) is 17.2 Å². The van der Waals surface area contributed by atoms with Crippen molar-refractivity contribution in [1.82, 2.24) is 20.3 Å². The summed E-state index contributed by atoms with van der Waals surface area (Å²) >= 11 is 1.49. The monoisotopic (exact) mass is 424 g/mol. The van der Waals surface area contributed by atoms with Crippen molar-refractivity contribution in [2.24, 2.45) is 0 Å². The van der Waals surface area contributed by atoms with E-state index < -0.39 is 0 Å². The van der Waals surface area contributed by atoms with Gasteiger partial charge in [0.25, 0.3) is 5.91 Å². The zero-order valence-electron chi connectivity index (χ0n) is 16.7. The summed E-state index contributed by atoms with van der Waals surface area (Å²) in [6.45, 7) is 0.321. The molecule has 4 rings (SSSR count). The number of carbonyl (C=O) groups is 1. The molecule has 0 saturated carbocycles. The van der Waals surface area contributed by atoms with Crippen LogP contribution in [0.4, 0.5) is 0 Å². The number of pyridine rings is 1. The number of hydrogen-bond acceptors (Lipinski definition) is 7. The molecule has 0 aliphatic rings. The van der Waals surface area contributed by atoms with Gasteiger partial charge in [-0.1, -0.05) is 0 Å². The first-order chi connectivity index (χ1) is 14.6. The van der Waals surface area contributed by atoms with E-state index >= 15 is 0 Å². The number of fused-ring (bicyclic) bond motifs is 1. The maximum absolute atomic E-state index is 12.7. The van der Waals surface area contributed by atoms with E-state index in [-0.39, 0.29) is 5.91 Å². The van der Waals surface area contributed by atoms with E-state index in [0.29, 0.717) is 35.0 Å².